The predicted molar refractivity (Wildman–Crippen MR) is 139 cm³/mol. The van der Waals surface area contributed by atoms with Crippen molar-refractivity contribution in [2.75, 3.05) is 48.8 Å². The van der Waals surface area contributed by atoms with Crippen molar-refractivity contribution < 1.29 is 14.4 Å². The van der Waals surface area contributed by atoms with Crippen molar-refractivity contribution in [3.8, 4) is 0 Å². The molecule has 1 atom stereocenters. The van der Waals surface area contributed by atoms with E-state index in [0.717, 1.165) is 45.3 Å². The summed E-state index contributed by atoms with van der Waals surface area (Å²) in [4.78, 5) is 41.0. The zero-order chi connectivity index (χ0) is 24.8. The monoisotopic (exact) mass is 477 g/mol. The number of amides is 3. The molecule has 0 spiro atoms. The van der Waals surface area contributed by atoms with Gasteiger partial charge in [0.2, 0.25) is 5.91 Å². The lowest BCUT2D eigenvalue weighted by molar-refractivity contribution is -0.136. The van der Waals surface area contributed by atoms with Crippen molar-refractivity contribution in [1.82, 2.24) is 10.2 Å². The maximum atomic E-state index is 12.6. The van der Waals surface area contributed by atoms with Gasteiger partial charge in [-0.25, -0.2) is 0 Å². The maximum absolute atomic E-state index is 12.6. The first kappa shape index (κ1) is 24.7. The zero-order valence-electron chi connectivity index (χ0n) is 20.6. The first-order valence-electron chi connectivity index (χ1n) is 12.5. The van der Waals surface area contributed by atoms with Gasteiger partial charge in [0, 0.05) is 44.1 Å². The molecule has 1 fully saturated rings. The van der Waals surface area contributed by atoms with Gasteiger partial charge in [-0.1, -0.05) is 18.6 Å². The van der Waals surface area contributed by atoms with E-state index in [1.165, 1.54) is 30.2 Å². The van der Waals surface area contributed by atoms with E-state index >= 15 is 0 Å². The number of anilines is 3. The van der Waals surface area contributed by atoms with Gasteiger partial charge in [0.05, 0.1) is 6.04 Å². The fourth-order valence-corrected chi connectivity index (χ4v) is 5.00. The van der Waals surface area contributed by atoms with E-state index in [1.54, 1.807) is 24.3 Å². The number of piperidine rings is 1. The van der Waals surface area contributed by atoms with E-state index in [1.807, 2.05) is 0 Å². The Bertz CT molecular complexity index is 1060. The number of nitrogens with zero attached hydrogens (tertiary/aromatic N) is 2. The molecule has 2 aliphatic heterocycles. The number of fused-ring (bicyclic) bond motifs is 1. The Kier molecular flexibility index (Phi) is 8.02. The Morgan fingerprint density at radius 1 is 0.857 bits per heavy atom. The summed E-state index contributed by atoms with van der Waals surface area (Å²) in [5.41, 5.74) is 4.94. The quantitative estimate of drug-likeness (QED) is 0.555. The lowest BCUT2D eigenvalue weighted by Crippen LogP contribution is -2.43. The van der Waals surface area contributed by atoms with Crippen LogP contribution in [-0.2, 0) is 20.8 Å². The van der Waals surface area contributed by atoms with E-state index in [2.05, 4.69) is 51.0 Å². The van der Waals surface area contributed by atoms with Gasteiger partial charge in [-0.3, -0.25) is 19.3 Å². The van der Waals surface area contributed by atoms with Crippen LogP contribution in [-0.4, -0.2) is 55.8 Å². The van der Waals surface area contributed by atoms with Crippen molar-refractivity contribution >= 4 is 34.8 Å². The molecular formula is C27H35N5O3. The SMILES string of the molecule is CC(=O)Nc1ccc(NC(=O)C(=O)NCC(c2ccc3c(c2)CCCN3C)N2CCCCC2)cc1. The summed E-state index contributed by atoms with van der Waals surface area (Å²) in [6.07, 6.45) is 5.73. The first-order chi connectivity index (χ1) is 16.9. The molecule has 0 saturated carbocycles. The molecule has 0 aliphatic carbocycles. The first-order valence-corrected chi connectivity index (χ1v) is 12.5. The highest BCUT2D eigenvalue weighted by atomic mass is 16.2. The Morgan fingerprint density at radius 2 is 1.54 bits per heavy atom. The van der Waals surface area contributed by atoms with Crippen LogP contribution in [0.2, 0.25) is 0 Å². The van der Waals surface area contributed by atoms with Gasteiger partial charge in [0.15, 0.2) is 0 Å². The standard InChI is InChI=1S/C27H35N5O3/c1-19(33)29-22-9-11-23(12-10-22)30-27(35)26(34)28-18-25(32-15-4-3-5-16-32)21-8-13-24-20(17-21)7-6-14-31(24)2/h8-13,17,25H,3-7,14-16,18H2,1-2H3,(H,28,34)(H,29,33)(H,30,35). The van der Waals surface area contributed by atoms with Crippen molar-refractivity contribution in [2.45, 2.75) is 45.1 Å². The van der Waals surface area contributed by atoms with E-state index < -0.39 is 11.8 Å². The summed E-state index contributed by atoms with van der Waals surface area (Å²) in [6.45, 7) is 4.86. The number of carbonyl (C=O) groups excluding carboxylic acids is 3. The molecule has 4 rings (SSSR count). The number of hydrogen-bond donors (Lipinski definition) is 3. The van der Waals surface area contributed by atoms with Crippen LogP contribution in [0.4, 0.5) is 17.1 Å². The lowest BCUT2D eigenvalue weighted by atomic mass is 9.95. The Labute approximate surface area is 207 Å². The minimum Gasteiger partial charge on any atom is -0.374 e. The molecular weight excluding hydrogens is 442 g/mol. The maximum Gasteiger partial charge on any atom is 0.313 e. The van der Waals surface area contributed by atoms with Crippen LogP contribution in [0.15, 0.2) is 42.5 Å². The predicted octanol–water partition coefficient (Wildman–Crippen LogP) is 3.31. The zero-order valence-corrected chi connectivity index (χ0v) is 20.6. The molecule has 0 bridgehead atoms. The van der Waals surface area contributed by atoms with Gasteiger partial charge in [-0.05, 0) is 80.2 Å². The topological polar surface area (TPSA) is 93.8 Å². The second-order valence-corrected chi connectivity index (χ2v) is 9.45. The molecule has 2 aromatic rings. The number of hydrogen-bond acceptors (Lipinski definition) is 5. The highest BCUT2D eigenvalue weighted by Crippen LogP contribution is 2.31. The average Bonchev–Trinajstić information content (AvgIpc) is 2.85. The smallest absolute Gasteiger partial charge is 0.313 e. The third kappa shape index (κ3) is 6.39. The summed E-state index contributed by atoms with van der Waals surface area (Å²) in [7, 11) is 2.13. The van der Waals surface area contributed by atoms with Crippen LogP contribution in [0.5, 0.6) is 0 Å². The molecule has 1 saturated heterocycles. The van der Waals surface area contributed by atoms with E-state index in [4.69, 9.17) is 0 Å². The Hall–Kier alpha value is -3.39. The second kappa shape index (κ2) is 11.4. The molecule has 0 aromatic heterocycles. The molecule has 3 amide bonds. The number of likely N-dealkylation sites (tertiary alicyclic amines) is 1. The number of rotatable bonds is 6. The summed E-state index contributed by atoms with van der Waals surface area (Å²) in [5.74, 6) is -1.53. The highest BCUT2D eigenvalue weighted by Gasteiger charge is 2.26. The molecule has 2 aliphatic rings. The number of benzene rings is 2. The van der Waals surface area contributed by atoms with Gasteiger partial charge in [-0.2, -0.15) is 0 Å². The van der Waals surface area contributed by atoms with E-state index in [0.29, 0.717) is 17.9 Å². The highest BCUT2D eigenvalue weighted by molar-refractivity contribution is 6.39. The molecule has 2 aromatic carbocycles. The second-order valence-electron chi connectivity index (χ2n) is 9.45. The number of carbonyl (C=O) groups is 3. The molecule has 8 nitrogen and oxygen atoms in total. The largest absolute Gasteiger partial charge is 0.374 e. The fraction of sp³-hybridized carbons (Fsp3) is 0.444. The lowest BCUT2D eigenvalue weighted by Gasteiger charge is -2.36. The van der Waals surface area contributed by atoms with E-state index in [-0.39, 0.29) is 11.9 Å². The van der Waals surface area contributed by atoms with Gasteiger partial charge in [0.25, 0.3) is 0 Å². The summed E-state index contributed by atoms with van der Waals surface area (Å²) in [5, 5.41) is 8.16. The van der Waals surface area contributed by atoms with Gasteiger partial charge < -0.3 is 20.9 Å². The van der Waals surface area contributed by atoms with Crippen molar-refractivity contribution in [3.05, 3.63) is 53.6 Å². The van der Waals surface area contributed by atoms with Crippen LogP contribution >= 0.6 is 0 Å². The third-order valence-corrected chi connectivity index (χ3v) is 6.80. The minimum atomic E-state index is -0.707. The van der Waals surface area contributed by atoms with Crippen LogP contribution in [0, 0.1) is 0 Å². The Balaban J connectivity index is 1.41. The molecule has 0 radical (unpaired) electrons. The van der Waals surface area contributed by atoms with Crippen molar-refractivity contribution in [3.63, 3.8) is 0 Å². The van der Waals surface area contributed by atoms with E-state index in [9.17, 15) is 14.4 Å². The summed E-state index contributed by atoms with van der Waals surface area (Å²) in [6, 6.07) is 13.3. The fourth-order valence-electron chi connectivity index (χ4n) is 5.00. The Morgan fingerprint density at radius 3 is 2.23 bits per heavy atom. The normalized spacial score (nSPS) is 16.7. The average molecular weight is 478 g/mol. The summed E-state index contributed by atoms with van der Waals surface area (Å²) < 4.78 is 0. The number of aryl methyl sites for hydroxylation is 1. The molecule has 186 valence electrons. The van der Waals surface area contributed by atoms with Crippen LogP contribution in [0.1, 0.15) is 49.8 Å². The van der Waals surface area contributed by atoms with Crippen LogP contribution in [0.3, 0.4) is 0 Å². The molecule has 2 heterocycles. The minimum absolute atomic E-state index is 0.0292. The van der Waals surface area contributed by atoms with Gasteiger partial charge >= 0.3 is 11.8 Å². The molecule has 35 heavy (non-hydrogen) atoms. The number of nitrogens with one attached hydrogen (secondary N) is 3. The molecule has 3 N–H and O–H groups in total. The molecule has 8 heteroatoms. The molecule has 1 unspecified atom stereocenters. The third-order valence-electron chi connectivity index (χ3n) is 6.80. The van der Waals surface area contributed by atoms with Gasteiger partial charge in [0.1, 0.15) is 0 Å². The van der Waals surface area contributed by atoms with Crippen molar-refractivity contribution in [1.29, 1.82) is 0 Å². The summed E-state index contributed by atoms with van der Waals surface area (Å²) >= 11 is 0. The van der Waals surface area contributed by atoms with Crippen molar-refractivity contribution in [2.24, 2.45) is 0 Å². The van der Waals surface area contributed by atoms with Crippen LogP contribution in [0.25, 0.3) is 0 Å². The van der Waals surface area contributed by atoms with Gasteiger partial charge in [-0.15, -0.1) is 0 Å². The van der Waals surface area contributed by atoms with Crippen LogP contribution < -0.4 is 20.9 Å².